The van der Waals surface area contributed by atoms with E-state index in [1.165, 1.54) is 6.07 Å². The summed E-state index contributed by atoms with van der Waals surface area (Å²) in [5.74, 6) is 0.598. The van der Waals surface area contributed by atoms with Gasteiger partial charge in [-0.3, -0.25) is 0 Å². The molecule has 0 aliphatic carbocycles. The number of benzene rings is 1. The molecule has 0 bridgehead atoms. The van der Waals surface area contributed by atoms with Crippen molar-refractivity contribution in [1.29, 1.82) is 0 Å². The Kier molecular flexibility index (Phi) is 3.59. The van der Waals surface area contributed by atoms with E-state index >= 15 is 0 Å². The van der Waals surface area contributed by atoms with Crippen LogP contribution in [0.15, 0.2) is 33.7 Å². The number of hydrogen-bond acceptors (Lipinski definition) is 5. The van der Waals surface area contributed by atoms with Gasteiger partial charge in [0.15, 0.2) is 0 Å². The molecular formula is C12H15N3O3S. The Morgan fingerprint density at radius 3 is 2.58 bits per heavy atom. The summed E-state index contributed by atoms with van der Waals surface area (Å²) in [6.07, 6.45) is 0. The third-order valence-electron chi connectivity index (χ3n) is 2.83. The zero-order valence-electron chi connectivity index (χ0n) is 10.7. The summed E-state index contributed by atoms with van der Waals surface area (Å²) in [6, 6.07) is 6.32. The Bertz CT molecular complexity index is 672. The highest BCUT2D eigenvalue weighted by molar-refractivity contribution is 7.89. The molecule has 3 N–H and O–H groups in total. The van der Waals surface area contributed by atoms with Gasteiger partial charge >= 0.3 is 0 Å². The first-order valence-electron chi connectivity index (χ1n) is 5.68. The summed E-state index contributed by atoms with van der Waals surface area (Å²) in [4.78, 5) is 0.0711. The number of aryl methyl sites for hydroxylation is 2. The molecule has 0 unspecified atom stereocenters. The fourth-order valence-electron chi connectivity index (χ4n) is 1.72. The molecule has 0 saturated heterocycles. The molecule has 0 radical (unpaired) electrons. The van der Waals surface area contributed by atoms with Crippen LogP contribution in [0.5, 0.6) is 0 Å². The number of nitrogens with two attached hydrogens (primary N) is 1. The molecule has 0 aliphatic rings. The average molecular weight is 281 g/mol. The maximum Gasteiger partial charge on any atom is 0.242 e. The summed E-state index contributed by atoms with van der Waals surface area (Å²) < 4.78 is 31.7. The second kappa shape index (κ2) is 5.02. The molecule has 0 spiro atoms. The van der Waals surface area contributed by atoms with Crippen molar-refractivity contribution < 1.29 is 12.9 Å². The lowest BCUT2D eigenvalue weighted by Gasteiger charge is -2.08. The van der Waals surface area contributed by atoms with Gasteiger partial charge in [-0.25, -0.2) is 13.1 Å². The number of nitrogens with zero attached hydrogens (tertiary/aromatic N) is 1. The third kappa shape index (κ3) is 2.77. The quantitative estimate of drug-likeness (QED) is 0.824. The van der Waals surface area contributed by atoms with Crippen LogP contribution >= 0.6 is 0 Å². The SMILES string of the molecule is Cc1noc(C)c1CNS(=O)(=O)c1ccccc1N. The van der Waals surface area contributed by atoms with E-state index in [-0.39, 0.29) is 17.1 Å². The summed E-state index contributed by atoms with van der Waals surface area (Å²) >= 11 is 0. The fourth-order valence-corrected chi connectivity index (χ4v) is 2.85. The smallest absolute Gasteiger partial charge is 0.242 e. The highest BCUT2D eigenvalue weighted by Crippen LogP contribution is 2.18. The highest BCUT2D eigenvalue weighted by Gasteiger charge is 2.18. The minimum absolute atomic E-state index is 0.0711. The summed E-state index contributed by atoms with van der Waals surface area (Å²) in [5.41, 5.74) is 7.28. The van der Waals surface area contributed by atoms with Crippen LogP contribution in [0, 0.1) is 13.8 Å². The molecule has 19 heavy (non-hydrogen) atoms. The second-order valence-corrected chi connectivity index (χ2v) is 5.90. The molecular weight excluding hydrogens is 266 g/mol. The minimum Gasteiger partial charge on any atom is -0.398 e. The molecule has 2 rings (SSSR count). The van der Waals surface area contributed by atoms with Crippen molar-refractivity contribution >= 4 is 15.7 Å². The first-order valence-corrected chi connectivity index (χ1v) is 7.16. The topological polar surface area (TPSA) is 98.2 Å². The molecule has 0 aliphatic heterocycles. The monoisotopic (exact) mass is 281 g/mol. The molecule has 0 atom stereocenters. The van der Waals surface area contributed by atoms with E-state index in [9.17, 15) is 8.42 Å². The van der Waals surface area contributed by atoms with Crippen molar-refractivity contribution in [2.75, 3.05) is 5.73 Å². The Morgan fingerprint density at radius 1 is 1.32 bits per heavy atom. The van der Waals surface area contributed by atoms with E-state index < -0.39 is 10.0 Å². The lowest BCUT2D eigenvalue weighted by atomic mass is 10.2. The molecule has 1 heterocycles. The van der Waals surface area contributed by atoms with E-state index in [1.54, 1.807) is 32.0 Å². The van der Waals surface area contributed by atoms with E-state index in [0.717, 1.165) is 5.56 Å². The van der Waals surface area contributed by atoms with Gasteiger partial charge in [-0.2, -0.15) is 0 Å². The average Bonchev–Trinajstić information content (AvgIpc) is 2.67. The lowest BCUT2D eigenvalue weighted by Crippen LogP contribution is -2.24. The number of sulfonamides is 1. The van der Waals surface area contributed by atoms with Crippen LogP contribution < -0.4 is 10.5 Å². The van der Waals surface area contributed by atoms with Gasteiger partial charge in [0, 0.05) is 12.1 Å². The largest absolute Gasteiger partial charge is 0.398 e. The first-order chi connectivity index (χ1) is 8.92. The normalized spacial score (nSPS) is 11.7. The maximum atomic E-state index is 12.1. The third-order valence-corrected chi connectivity index (χ3v) is 4.30. The van der Waals surface area contributed by atoms with E-state index in [2.05, 4.69) is 9.88 Å². The predicted octanol–water partition coefficient (Wildman–Crippen LogP) is 1.35. The van der Waals surface area contributed by atoms with Gasteiger partial charge in [0.1, 0.15) is 10.7 Å². The van der Waals surface area contributed by atoms with Crippen LogP contribution in [-0.4, -0.2) is 13.6 Å². The Hall–Kier alpha value is -1.86. The van der Waals surface area contributed by atoms with Crippen molar-refractivity contribution in [2.45, 2.75) is 25.3 Å². The van der Waals surface area contributed by atoms with Crippen LogP contribution in [0.1, 0.15) is 17.0 Å². The molecule has 102 valence electrons. The van der Waals surface area contributed by atoms with Crippen LogP contribution in [-0.2, 0) is 16.6 Å². The number of para-hydroxylation sites is 1. The number of rotatable bonds is 4. The Balaban J connectivity index is 2.22. The number of hydrogen-bond donors (Lipinski definition) is 2. The van der Waals surface area contributed by atoms with Gasteiger partial charge in [0.25, 0.3) is 0 Å². The van der Waals surface area contributed by atoms with Gasteiger partial charge in [-0.1, -0.05) is 17.3 Å². The molecule has 0 amide bonds. The zero-order chi connectivity index (χ0) is 14.0. The van der Waals surface area contributed by atoms with E-state index in [4.69, 9.17) is 10.3 Å². The fraction of sp³-hybridized carbons (Fsp3) is 0.250. The number of aromatic nitrogens is 1. The molecule has 2 aromatic rings. The van der Waals surface area contributed by atoms with Crippen molar-refractivity contribution in [3.63, 3.8) is 0 Å². The summed E-state index contributed by atoms with van der Waals surface area (Å²) in [6.45, 7) is 3.62. The van der Waals surface area contributed by atoms with Crippen molar-refractivity contribution in [1.82, 2.24) is 9.88 Å². The molecule has 0 fully saturated rings. The van der Waals surface area contributed by atoms with Gasteiger partial charge < -0.3 is 10.3 Å². The molecule has 7 heteroatoms. The van der Waals surface area contributed by atoms with Crippen molar-refractivity contribution in [3.05, 3.63) is 41.3 Å². The number of nitrogens with one attached hydrogen (secondary N) is 1. The highest BCUT2D eigenvalue weighted by atomic mass is 32.2. The minimum atomic E-state index is -3.64. The summed E-state index contributed by atoms with van der Waals surface area (Å²) in [5, 5.41) is 3.77. The molecule has 1 aromatic heterocycles. The summed E-state index contributed by atoms with van der Waals surface area (Å²) in [7, 11) is -3.64. The van der Waals surface area contributed by atoms with Crippen LogP contribution in [0.25, 0.3) is 0 Å². The Morgan fingerprint density at radius 2 is 2.00 bits per heavy atom. The van der Waals surface area contributed by atoms with Crippen LogP contribution in [0.3, 0.4) is 0 Å². The van der Waals surface area contributed by atoms with Crippen molar-refractivity contribution in [3.8, 4) is 0 Å². The number of anilines is 1. The van der Waals surface area contributed by atoms with Crippen LogP contribution in [0.2, 0.25) is 0 Å². The van der Waals surface area contributed by atoms with Gasteiger partial charge in [-0.05, 0) is 26.0 Å². The standard InChI is InChI=1S/C12H15N3O3S/c1-8-10(9(2)18-15-8)7-14-19(16,17)12-6-4-3-5-11(12)13/h3-6,14H,7,13H2,1-2H3. The predicted molar refractivity (Wildman–Crippen MR) is 70.9 cm³/mol. The maximum absolute atomic E-state index is 12.1. The first kappa shape index (κ1) is 13.6. The molecule has 6 nitrogen and oxygen atoms in total. The van der Waals surface area contributed by atoms with Gasteiger partial charge in [0.2, 0.25) is 10.0 Å². The van der Waals surface area contributed by atoms with E-state index in [0.29, 0.717) is 11.5 Å². The van der Waals surface area contributed by atoms with Gasteiger partial charge in [0.05, 0.1) is 11.4 Å². The van der Waals surface area contributed by atoms with E-state index in [1.807, 2.05) is 0 Å². The molecule has 1 aromatic carbocycles. The lowest BCUT2D eigenvalue weighted by molar-refractivity contribution is 0.392. The molecule has 0 saturated carbocycles. The zero-order valence-corrected chi connectivity index (χ0v) is 11.5. The Labute approximate surface area is 111 Å². The van der Waals surface area contributed by atoms with Crippen LogP contribution in [0.4, 0.5) is 5.69 Å². The second-order valence-electron chi connectivity index (χ2n) is 4.17. The number of nitrogen functional groups attached to an aromatic ring is 1. The van der Waals surface area contributed by atoms with Crippen molar-refractivity contribution in [2.24, 2.45) is 0 Å². The van der Waals surface area contributed by atoms with Gasteiger partial charge in [-0.15, -0.1) is 0 Å².